The number of aryl methyl sites for hydroxylation is 1. The molecule has 1 heterocycles. The van der Waals surface area contributed by atoms with E-state index in [2.05, 4.69) is 32.9 Å². The molecular formula is C15H28N4O2S. The average molecular weight is 328 g/mol. The highest BCUT2D eigenvalue weighted by atomic mass is 32.1. The highest BCUT2D eigenvalue weighted by molar-refractivity contribution is 7.09. The summed E-state index contributed by atoms with van der Waals surface area (Å²) >= 11 is 1.69. The Morgan fingerprint density at radius 3 is 2.86 bits per heavy atom. The molecule has 1 aromatic rings. The Bertz CT molecular complexity index is 423. The summed E-state index contributed by atoms with van der Waals surface area (Å²) < 4.78 is 10.3. The van der Waals surface area contributed by atoms with Crippen molar-refractivity contribution in [2.24, 2.45) is 4.99 Å². The SMILES string of the molecule is CCNC(=NCCCOCCOC)NCCc1csc(C)n1. The lowest BCUT2D eigenvalue weighted by atomic mass is 10.3. The molecule has 0 aliphatic rings. The van der Waals surface area contributed by atoms with Gasteiger partial charge in [0.25, 0.3) is 0 Å². The Kier molecular flexibility index (Phi) is 10.6. The molecule has 7 heteroatoms. The first kappa shape index (κ1) is 18.9. The fourth-order valence-electron chi connectivity index (χ4n) is 1.78. The molecule has 6 nitrogen and oxygen atoms in total. The van der Waals surface area contributed by atoms with E-state index in [-0.39, 0.29) is 0 Å². The van der Waals surface area contributed by atoms with Crippen molar-refractivity contribution < 1.29 is 9.47 Å². The molecule has 0 spiro atoms. The van der Waals surface area contributed by atoms with E-state index < -0.39 is 0 Å². The smallest absolute Gasteiger partial charge is 0.191 e. The van der Waals surface area contributed by atoms with Crippen LogP contribution in [0, 0.1) is 6.92 Å². The first-order valence-electron chi connectivity index (χ1n) is 7.76. The first-order valence-corrected chi connectivity index (χ1v) is 8.64. The van der Waals surface area contributed by atoms with Crippen molar-refractivity contribution in [3.8, 4) is 0 Å². The highest BCUT2D eigenvalue weighted by Crippen LogP contribution is 2.07. The number of nitrogens with one attached hydrogen (secondary N) is 2. The van der Waals surface area contributed by atoms with Crippen LogP contribution >= 0.6 is 11.3 Å². The molecule has 0 aliphatic heterocycles. The molecule has 126 valence electrons. The predicted molar refractivity (Wildman–Crippen MR) is 91.8 cm³/mol. The van der Waals surface area contributed by atoms with Gasteiger partial charge in [0, 0.05) is 45.2 Å². The van der Waals surface area contributed by atoms with E-state index in [1.165, 1.54) is 0 Å². The van der Waals surface area contributed by atoms with Crippen LogP contribution in [0.1, 0.15) is 24.0 Å². The van der Waals surface area contributed by atoms with Crippen LogP contribution in [-0.2, 0) is 15.9 Å². The molecule has 1 rings (SSSR count). The zero-order valence-electron chi connectivity index (χ0n) is 13.9. The van der Waals surface area contributed by atoms with Crippen molar-refractivity contribution in [2.75, 3.05) is 46.6 Å². The summed E-state index contributed by atoms with van der Waals surface area (Å²) in [5.74, 6) is 0.853. The average Bonchev–Trinajstić information content (AvgIpc) is 2.92. The monoisotopic (exact) mass is 328 g/mol. The molecular weight excluding hydrogens is 300 g/mol. The van der Waals surface area contributed by atoms with Gasteiger partial charge in [-0.05, 0) is 20.3 Å². The molecule has 2 N–H and O–H groups in total. The third-order valence-corrected chi connectivity index (χ3v) is 3.66. The number of rotatable bonds is 11. The Morgan fingerprint density at radius 1 is 1.32 bits per heavy atom. The first-order chi connectivity index (χ1) is 10.8. The van der Waals surface area contributed by atoms with Gasteiger partial charge in [0.05, 0.1) is 23.9 Å². The number of ether oxygens (including phenoxy) is 2. The van der Waals surface area contributed by atoms with Gasteiger partial charge in [-0.15, -0.1) is 11.3 Å². The molecule has 0 saturated heterocycles. The Labute approximate surface area is 137 Å². The maximum atomic E-state index is 5.41. The largest absolute Gasteiger partial charge is 0.382 e. The van der Waals surface area contributed by atoms with Crippen LogP contribution in [0.5, 0.6) is 0 Å². The maximum Gasteiger partial charge on any atom is 0.191 e. The molecule has 0 radical (unpaired) electrons. The summed E-state index contributed by atoms with van der Waals surface area (Å²) in [5.41, 5.74) is 1.14. The van der Waals surface area contributed by atoms with Gasteiger partial charge in [-0.1, -0.05) is 0 Å². The number of hydrogen-bond donors (Lipinski definition) is 2. The number of aromatic nitrogens is 1. The lowest BCUT2D eigenvalue weighted by Gasteiger charge is -2.10. The zero-order valence-corrected chi connectivity index (χ0v) is 14.7. The molecule has 0 atom stereocenters. The summed E-state index contributed by atoms with van der Waals surface area (Å²) in [7, 11) is 1.68. The minimum Gasteiger partial charge on any atom is -0.382 e. The highest BCUT2D eigenvalue weighted by Gasteiger charge is 2.00. The number of guanidine groups is 1. The lowest BCUT2D eigenvalue weighted by Crippen LogP contribution is -2.38. The van der Waals surface area contributed by atoms with Crippen molar-refractivity contribution in [2.45, 2.75) is 26.7 Å². The van der Waals surface area contributed by atoms with Crippen molar-refractivity contribution in [1.29, 1.82) is 0 Å². The second-order valence-electron chi connectivity index (χ2n) is 4.75. The van der Waals surface area contributed by atoms with Crippen LogP contribution in [-0.4, -0.2) is 57.5 Å². The van der Waals surface area contributed by atoms with Crippen molar-refractivity contribution >= 4 is 17.3 Å². The molecule has 0 saturated carbocycles. The molecule has 0 aliphatic carbocycles. The quantitative estimate of drug-likeness (QED) is 0.367. The van der Waals surface area contributed by atoms with Crippen LogP contribution in [0.25, 0.3) is 0 Å². The molecule has 0 unspecified atom stereocenters. The zero-order chi connectivity index (χ0) is 16.0. The van der Waals surface area contributed by atoms with Gasteiger partial charge in [0.1, 0.15) is 0 Å². The van der Waals surface area contributed by atoms with Gasteiger partial charge in [0.15, 0.2) is 5.96 Å². The van der Waals surface area contributed by atoms with Gasteiger partial charge in [0.2, 0.25) is 0 Å². The topological polar surface area (TPSA) is 67.8 Å². The summed E-state index contributed by atoms with van der Waals surface area (Å²) in [4.78, 5) is 8.99. The number of methoxy groups -OCH3 is 1. The van der Waals surface area contributed by atoms with Crippen molar-refractivity contribution in [3.05, 3.63) is 16.1 Å². The van der Waals surface area contributed by atoms with Crippen LogP contribution in [0.2, 0.25) is 0 Å². The normalized spacial score (nSPS) is 11.7. The fraction of sp³-hybridized carbons (Fsp3) is 0.733. The fourth-order valence-corrected chi connectivity index (χ4v) is 2.42. The molecule has 0 amide bonds. The van der Waals surface area contributed by atoms with Gasteiger partial charge < -0.3 is 20.1 Å². The van der Waals surface area contributed by atoms with E-state index in [1.54, 1.807) is 18.4 Å². The van der Waals surface area contributed by atoms with E-state index >= 15 is 0 Å². The summed E-state index contributed by atoms with van der Waals surface area (Å²) in [5, 5.41) is 9.80. The van der Waals surface area contributed by atoms with E-state index in [0.717, 1.165) is 49.1 Å². The van der Waals surface area contributed by atoms with E-state index in [9.17, 15) is 0 Å². The number of thiazole rings is 1. The van der Waals surface area contributed by atoms with Gasteiger partial charge in [-0.2, -0.15) is 0 Å². The Hall–Kier alpha value is -1.18. The number of hydrogen-bond acceptors (Lipinski definition) is 5. The molecule has 0 fully saturated rings. The van der Waals surface area contributed by atoms with Crippen LogP contribution in [0.3, 0.4) is 0 Å². The Balaban J connectivity index is 2.18. The minimum absolute atomic E-state index is 0.642. The van der Waals surface area contributed by atoms with E-state index in [4.69, 9.17) is 9.47 Å². The molecule has 0 bridgehead atoms. The number of aliphatic imine (C=N–C) groups is 1. The summed E-state index contributed by atoms with van der Waals surface area (Å²) in [6, 6.07) is 0. The lowest BCUT2D eigenvalue weighted by molar-refractivity contribution is 0.0702. The van der Waals surface area contributed by atoms with Gasteiger partial charge in [-0.3, -0.25) is 4.99 Å². The van der Waals surface area contributed by atoms with Crippen LogP contribution in [0.15, 0.2) is 10.4 Å². The third-order valence-electron chi connectivity index (χ3n) is 2.83. The van der Waals surface area contributed by atoms with Crippen LogP contribution < -0.4 is 10.6 Å². The predicted octanol–water partition coefficient (Wildman–Crippen LogP) is 1.60. The van der Waals surface area contributed by atoms with Crippen molar-refractivity contribution in [1.82, 2.24) is 15.6 Å². The molecule has 1 aromatic heterocycles. The minimum atomic E-state index is 0.642. The summed E-state index contributed by atoms with van der Waals surface area (Å²) in [6.07, 6.45) is 1.82. The number of nitrogens with zero attached hydrogens (tertiary/aromatic N) is 2. The molecule has 0 aromatic carbocycles. The van der Waals surface area contributed by atoms with E-state index in [0.29, 0.717) is 19.8 Å². The Morgan fingerprint density at radius 2 is 2.18 bits per heavy atom. The maximum absolute atomic E-state index is 5.41. The second-order valence-corrected chi connectivity index (χ2v) is 5.82. The standard InChI is InChI=1S/C15H28N4O2S/c1-4-16-15(17-7-5-9-21-11-10-20-3)18-8-6-14-12-22-13(2)19-14/h12H,4-11H2,1-3H3,(H2,16,17,18). The van der Waals surface area contributed by atoms with Gasteiger partial charge in [-0.25, -0.2) is 4.98 Å². The van der Waals surface area contributed by atoms with Crippen LogP contribution in [0.4, 0.5) is 0 Å². The third kappa shape index (κ3) is 8.96. The second kappa shape index (κ2) is 12.4. The van der Waals surface area contributed by atoms with E-state index in [1.807, 2.05) is 6.92 Å². The van der Waals surface area contributed by atoms with Gasteiger partial charge >= 0.3 is 0 Å². The van der Waals surface area contributed by atoms with Crippen molar-refractivity contribution in [3.63, 3.8) is 0 Å². The summed E-state index contributed by atoms with van der Waals surface area (Å²) in [6.45, 7) is 8.53. The molecule has 22 heavy (non-hydrogen) atoms.